The number of rotatable bonds is 2. The van der Waals surface area contributed by atoms with E-state index in [0.29, 0.717) is 0 Å². The molecule has 2 aromatic rings. The van der Waals surface area contributed by atoms with Gasteiger partial charge in [0.05, 0.1) is 0 Å². The summed E-state index contributed by atoms with van der Waals surface area (Å²) in [5.41, 5.74) is 8.65. The lowest BCUT2D eigenvalue weighted by Gasteiger charge is -2.12. The van der Waals surface area contributed by atoms with Crippen molar-refractivity contribution in [2.75, 3.05) is 5.32 Å². The summed E-state index contributed by atoms with van der Waals surface area (Å²) in [6.45, 7) is 2.04. The van der Waals surface area contributed by atoms with Crippen molar-refractivity contribution in [1.29, 1.82) is 0 Å². The van der Waals surface area contributed by atoms with Crippen LogP contribution in [0.3, 0.4) is 0 Å². The monoisotopic (exact) mass is 231 g/mol. The van der Waals surface area contributed by atoms with Gasteiger partial charge < -0.3 is 15.6 Å². The lowest BCUT2D eigenvalue weighted by atomic mass is 10.1. The third-order valence-electron chi connectivity index (χ3n) is 2.45. The van der Waals surface area contributed by atoms with Crippen LogP contribution in [0.1, 0.15) is 5.56 Å². The summed E-state index contributed by atoms with van der Waals surface area (Å²) in [5, 5.41) is 3.26. The third-order valence-corrected chi connectivity index (χ3v) is 2.55. The minimum atomic E-state index is 0.285. The van der Waals surface area contributed by atoms with Gasteiger partial charge in [-0.05, 0) is 49.0 Å². The van der Waals surface area contributed by atoms with Crippen LogP contribution in [0.25, 0.3) is 5.69 Å². The van der Waals surface area contributed by atoms with E-state index >= 15 is 0 Å². The summed E-state index contributed by atoms with van der Waals surface area (Å²) in [6, 6.07) is 9.98. The van der Waals surface area contributed by atoms with Crippen molar-refractivity contribution in [1.82, 2.24) is 4.57 Å². The quantitative estimate of drug-likeness (QED) is 0.780. The summed E-state index contributed by atoms with van der Waals surface area (Å²) in [4.78, 5) is 0. The molecular formula is C12H13N3S. The molecule has 0 saturated heterocycles. The Hall–Kier alpha value is -1.81. The molecule has 0 fully saturated rings. The van der Waals surface area contributed by atoms with E-state index in [4.69, 9.17) is 18.0 Å². The fourth-order valence-electron chi connectivity index (χ4n) is 1.67. The van der Waals surface area contributed by atoms with Crippen LogP contribution >= 0.6 is 12.2 Å². The van der Waals surface area contributed by atoms with Gasteiger partial charge in [-0.2, -0.15) is 0 Å². The first kappa shape index (κ1) is 10.7. The second kappa shape index (κ2) is 4.37. The van der Waals surface area contributed by atoms with E-state index in [1.54, 1.807) is 0 Å². The van der Waals surface area contributed by atoms with Gasteiger partial charge in [0.15, 0.2) is 5.11 Å². The number of nitrogens with zero attached hydrogens (tertiary/aromatic N) is 1. The molecule has 0 radical (unpaired) electrons. The van der Waals surface area contributed by atoms with Crippen LogP contribution in [0.15, 0.2) is 42.7 Å². The van der Waals surface area contributed by atoms with Gasteiger partial charge in [-0.3, -0.25) is 0 Å². The highest BCUT2D eigenvalue weighted by Crippen LogP contribution is 2.22. The van der Waals surface area contributed by atoms with Gasteiger partial charge in [0, 0.05) is 23.8 Å². The van der Waals surface area contributed by atoms with E-state index < -0.39 is 0 Å². The molecule has 3 N–H and O–H groups in total. The number of hydrogen-bond donors (Lipinski definition) is 2. The van der Waals surface area contributed by atoms with Gasteiger partial charge in [0.1, 0.15) is 0 Å². The molecule has 0 spiro atoms. The van der Waals surface area contributed by atoms with Gasteiger partial charge in [0.25, 0.3) is 0 Å². The zero-order valence-corrected chi connectivity index (χ0v) is 9.79. The topological polar surface area (TPSA) is 43.0 Å². The smallest absolute Gasteiger partial charge is 0.168 e. The van der Waals surface area contributed by atoms with Gasteiger partial charge in [0.2, 0.25) is 0 Å². The molecule has 3 nitrogen and oxygen atoms in total. The predicted molar refractivity (Wildman–Crippen MR) is 70.9 cm³/mol. The Morgan fingerprint density at radius 1 is 1.25 bits per heavy atom. The Labute approximate surface area is 99.9 Å². The Morgan fingerprint density at radius 2 is 1.94 bits per heavy atom. The molecule has 0 aliphatic heterocycles. The molecule has 4 heteroatoms. The highest BCUT2D eigenvalue weighted by molar-refractivity contribution is 7.80. The highest BCUT2D eigenvalue weighted by Gasteiger charge is 2.04. The summed E-state index contributed by atoms with van der Waals surface area (Å²) in [6.07, 6.45) is 4.01. The van der Waals surface area contributed by atoms with E-state index in [1.807, 2.05) is 43.6 Å². The zero-order chi connectivity index (χ0) is 11.5. The molecule has 1 heterocycles. The van der Waals surface area contributed by atoms with E-state index in [2.05, 4.69) is 16.0 Å². The van der Waals surface area contributed by atoms with E-state index in [-0.39, 0.29) is 5.11 Å². The molecule has 82 valence electrons. The van der Waals surface area contributed by atoms with Crippen LogP contribution in [0.2, 0.25) is 0 Å². The first-order valence-corrected chi connectivity index (χ1v) is 5.39. The lowest BCUT2D eigenvalue weighted by molar-refractivity contribution is 1.06. The van der Waals surface area contributed by atoms with Crippen LogP contribution in [0.5, 0.6) is 0 Å². The van der Waals surface area contributed by atoms with Gasteiger partial charge in [-0.1, -0.05) is 6.07 Å². The molecule has 0 aliphatic carbocycles. The van der Waals surface area contributed by atoms with Crippen molar-refractivity contribution >= 4 is 23.0 Å². The van der Waals surface area contributed by atoms with Crippen LogP contribution in [0.4, 0.5) is 5.69 Å². The van der Waals surface area contributed by atoms with Gasteiger partial charge in [-0.15, -0.1) is 0 Å². The molecule has 1 aromatic heterocycles. The van der Waals surface area contributed by atoms with E-state index in [9.17, 15) is 0 Å². The third kappa shape index (κ3) is 2.06. The van der Waals surface area contributed by atoms with Crippen molar-refractivity contribution in [3.8, 4) is 5.69 Å². The summed E-state index contributed by atoms with van der Waals surface area (Å²) in [7, 11) is 0. The molecule has 0 saturated carbocycles. The van der Waals surface area contributed by atoms with Crippen molar-refractivity contribution in [3.05, 3.63) is 48.3 Å². The minimum absolute atomic E-state index is 0.285. The number of benzene rings is 1. The first-order chi connectivity index (χ1) is 7.68. The standard InChI is InChI=1S/C12H13N3S/c1-9-10(14-12(13)16)5-4-6-11(9)15-7-2-3-8-15/h2-8H,1H3,(H3,13,14,16). The molecule has 2 rings (SSSR count). The normalized spacial score (nSPS) is 10.1. The van der Waals surface area contributed by atoms with Crippen molar-refractivity contribution in [2.24, 2.45) is 5.73 Å². The second-order valence-corrected chi connectivity index (χ2v) is 3.97. The summed E-state index contributed by atoms with van der Waals surface area (Å²) >= 11 is 4.84. The molecule has 1 aromatic carbocycles. The average Bonchev–Trinajstić information content (AvgIpc) is 2.73. The minimum Gasteiger partial charge on any atom is -0.376 e. The molecular weight excluding hydrogens is 218 g/mol. The molecule has 0 amide bonds. The van der Waals surface area contributed by atoms with E-state index in [1.165, 1.54) is 0 Å². The van der Waals surface area contributed by atoms with Gasteiger partial charge in [-0.25, -0.2) is 0 Å². The maximum atomic E-state index is 5.48. The molecule has 0 aliphatic rings. The lowest BCUT2D eigenvalue weighted by Crippen LogP contribution is -2.19. The number of hydrogen-bond acceptors (Lipinski definition) is 1. The van der Waals surface area contributed by atoms with E-state index in [0.717, 1.165) is 16.9 Å². The summed E-state index contributed by atoms with van der Waals surface area (Å²) in [5.74, 6) is 0. The average molecular weight is 231 g/mol. The zero-order valence-electron chi connectivity index (χ0n) is 8.97. The molecule has 0 atom stereocenters. The van der Waals surface area contributed by atoms with Crippen molar-refractivity contribution < 1.29 is 0 Å². The number of nitrogens with two attached hydrogens (primary N) is 1. The molecule has 16 heavy (non-hydrogen) atoms. The fourth-order valence-corrected chi connectivity index (χ4v) is 1.78. The van der Waals surface area contributed by atoms with Crippen LogP contribution in [-0.4, -0.2) is 9.68 Å². The van der Waals surface area contributed by atoms with Crippen LogP contribution < -0.4 is 11.1 Å². The Kier molecular flexibility index (Phi) is 2.92. The maximum absolute atomic E-state index is 5.48. The number of anilines is 1. The maximum Gasteiger partial charge on any atom is 0.168 e. The SMILES string of the molecule is Cc1c(NC(N)=S)cccc1-n1cccc1. The number of thiocarbonyl (C=S) groups is 1. The fraction of sp³-hybridized carbons (Fsp3) is 0.0833. The molecule has 0 bridgehead atoms. The largest absolute Gasteiger partial charge is 0.376 e. The number of aromatic nitrogens is 1. The Balaban J connectivity index is 2.45. The van der Waals surface area contributed by atoms with Crippen LogP contribution in [0, 0.1) is 6.92 Å². The predicted octanol–water partition coefficient (Wildman–Crippen LogP) is 2.44. The highest BCUT2D eigenvalue weighted by atomic mass is 32.1. The van der Waals surface area contributed by atoms with Crippen molar-refractivity contribution in [3.63, 3.8) is 0 Å². The van der Waals surface area contributed by atoms with Gasteiger partial charge >= 0.3 is 0 Å². The Morgan fingerprint density at radius 3 is 2.56 bits per heavy atom. The first-order valence-electron chi connectivity index (χ1n) is 4.98. The molecule has 0 unspecified atom stereocenters. The Bertz CT molecular complexity index is 503. The summed E-state index contributed by atoms with van der Waals surface area (Å²) < 4.78 is 2.06. The van der Waals surface area contributed by atoms with Crippen molar-refractivity contribution in [2.45, 2.75) is 6.92 Å². The second-order valence-electron chi connectivity index (χ2n) is 3.53. The number of nitrogens with one attached hydrogen (secondary N) is 1. The van der Waals surface area contributed by atoms with Crippen LogP contribution in [-0.2, 0) is 0 Å².